The highest BCUT2D eigenvalue weighted by atomic mass is 19.4. The first kappa shape index (κ1) is 33.5. The van der Waals surface area contributed by atoms with Crippen LogP contribution in [0.3, 0.4) is 0 Å². The second-order valence-electron chi connectivity index (χ2n) is 12.2. The van der Waals surface area contributed by atoms with Gasteiger partial charge in [-0.1, -0.05) is 48.5 Å². The number of benzene rings is 3. The Hall–Kier alpha value is -4.42. The van der Waals surface area contributed by atoms with Crippen molar-refractivity contribution in [3.8, 4) is 5.75 Å². The molecule has 6 rings (SSSR count). The van der Waals surface area contributed by atoms with E-state index in [1.54, 1.807) is 18.2 Å². The number of imide groups is 1. The summed E-state index contributed by atoms with van der Waals surface area (Å²) >= 11 is 0. The first-order chi connectivity index (χ1) is 22.8. The Morgan fingerprint density at radius 1 is 0.917 bits per heavy atom. The summed E-state index contributed by atoms with van der Waals surface area (Å²) in [6.07, 6.45) is -7.74. The fraction of sp³-hybridized carbons (Fsp3) is 0.333. The summed E-state index contributed by atoms with van der Waals surface area (Å²) in [5, 5.41) is 9.99. The molecule has 1 N–H and O–H groups in total. The smallest absolute Gasteiger partial charge is 0.416 e. The van der Waals surface area contributed by atoms with Crippen molar-refractivity contribution < 1.29 is 50.5 Å². The molecule has 3 aromatic carbocycles. The lowest BCUT2D eigenvalue weighted by Crippen LogP contribution is -2.35. The van der Waals surface area contributed by atoms with Crippen molar-refractivity contribution >= 4 is 29.2 Å². The number of amides is 2. The largest absolute Gasteiger partial charge is 0.508 e. The number of phenolic OH excluding ortho intramolecular Hbond substituents is 1. The van der Waals surface area contributed by atoms with Crippen LogP contribution in [0.25, 0.3) is 11.6 Å². The minimum Gasteiger partial charge on any atom is -0.508 e. The molecular formula is C36H31F6NO5. The van der Waals surface area contributed by atoms with Crippen LogP contribution in [-0.2, 0) is 31.4 Å². The molecular weight excluding hydrogens is 640 g/mol. The van der Waals surface area contributed by atoms with E-state index in [1.165, 1.54) is 7.11 Å². The third-order valence-corrected chi connectivity index (χ3v) is 9.19. The van der Waals surface area contributed by atoms with Crippen molar-refractivity contribution in [1.29, 1.82) is 0 Å². The number of alkyl halides is 6. The van der Waals surface area contributed by atoms with Gasteiger partial charge < -0.3 is 14.6 Å². The van der Waals surface area contributed by atoms with Crippen LogP contribution in [-0.4, -0.2) is 43.3 Å². The Labute approximate surface area is 272 Å². The molecule has 0 saturated carbocycles. The summed E-state index contributed by atoms with van der Waals surface area (Å²) in [5.41, 5.74) is 0.223. The van der Waals surface area contributed by atoms with Crippen LogP contribution in [0.4, 0.5) is 32.0 Å². The van der Waals surface area contributed by atoms with Crippen LogP contribution in [0.1, 0.15) is 41.5 Å². The molecule has 1 aliphatic carbocycles. The Morgan fingerprint density at radius 3 is 2.23 bits per heavy atom. The molecule has 2 amide bonds. The number of hydrogen-bond donors (Lipinski definition) is 1. The predicted molar refractivity (Wildman–Crippen MR) is 164 cm³/mol. The maximum atomic E-state index is 13.9. The van der Waals surface area contributed by atoms with Crippen molar-refractivity contribution in [3.63, 3.8) is 0 Å². The summed E-state index contributed by atoms with van der Waals surface area (Å²) in [7, 11) is 1.47. The highest BCUT2D eigenvalue weighted by Crippen LogP contribution is 2.51. The fourth-order valence-electron chi connectivity index (χ4n) is 7.16. The zero-order valence-corrected chi connectivity index (χ0v) is 25.6. The fourth-order valence-corrected chi connectivity index (χ4v) is 7.16. The van der Waals surface area contributed by atoms with E-state index in [0.29, 0.717) is 29.9 Å². The lowest BCUT2D eigenvalue weighted by molar-refractivity contribution is -0.143. The van der Waals surface area contributed by atoms with E-state index in [2.05, 4.69) is 0 Å². The molecule has 0 bridgehead atoms. The molecule has 2 saturated heterocycles. The predicted octanol–water partition coefficient (Wildman–Crippen LogP) is 7.92. The highest BCUT2D eigenvalue weighted by molar-refractivity contribution is 6.22. The number of fused-ring (bicyclic) bond motifs is 3. The van der Waals surface area contributed by atoms with E-state index in [9.17, 15) is 41.0 Å². The lowest BCUT2D eigenvalue weighted by atomic mass is 9.69. The highest BCUT2D eigenvalue weighted by Gasteiger charge is 2.57. The molecule has 2 aliphatic heterocycles. The van der Waals surface area contributed by atoms with E-state index >= 15 is 0 Å². The summed E-state index contributed by atoms with van der Waals surface area (Å²) < 4.78 is 93.5. The number of allylic oxidation sites excluding steroid dienone is 1. The molecule has 252 valence electrons. The topological polar surface area (TPSA) is 76.1 Å². The number of carbonyl (C=O) groups excluding carboxylic acids is 2. The van der Waals surface area contributed by atoms with Gasteiger partial charge in [0.2, 0.25) is 11.8 Å². The van der Waals surface area contributed by atoms with Gasteiger partial charge in [-0.15, -0.1) is 0 Å². The van der Waals surface area contributed by atoms with Crippen LogP contribution in [0.5, 0.6) is 5.75 Å². The molecule has 2 heterocycles. The third-order valence-electron chi connectivity index (χ3n) is 9.19. The average Bonchev–Trinajstić information content (AvgIpc) is 3.57. The average molecular weight is 672 g/mol. The van der Waals surface area contributed by atoms with Crippen LogP contribution >= 0.6 is 0 Å². The van der Waals surface area contributed by atoms with Crippen molar-refractivity contribution in [2.45, 2.75) is 37.7 Å². The van der Waals surface area contributed by atoms with Crippen molar-refractivity contribution in [3.05, 3.63) is 106 Å². The lowest BCUT2D eigenvalue weighted by Gasteiger charge is -2.31. The summed E-state index contributed by atoms with van der Waals surface area (Å²) in [6, 6.07) is 17.2. The van der Waals surface area contributed by atoms with Crippen molar-refractivity contribution in [1.82, 2.24) is 0 Å². The Bertz CT molecular complexity index is 1750. The number of methoxy groups -OCH3 is 1. The SMILES string of the molecule is COCC1=C2[C@@H](CC/C(=C/c3cccc(O)c3)c3ccccc3)OC[C@@H]2[C@@H]2C(=O)N(c3cc(C(F)(F)F)cc(C(F)(F)F)c3)C(=O)[C@@H]2C1. The molecule has 3 aromatic rings. The number of phenols is 1. The molecule has 48 heavy (non-hydrogen) atoms. The number of rotatable bonds is 8. The number of hydrogen-bond acceptors (Lipinski definition) is 5. The second kappa shape index (κ2) is 12.9. The molecule has 2 fully saturated rings. The van der Waals surface area contributed by atoms with E-state index in [1.807, 2.05) is 42.5 Å². The molecule has 3 aliphatic rings. The van der Waals surface area contributed by atoms with E-state index in [0.717, 1.165) is 27.8 Å². The second-order valence-corrected chi connectivity index (χ2v) is 12.2. The minimum absolute atomic E-state index is 0.0357. The minimum atomic E-state index is -5.14. The van der Waals surface area contributed by atoms with Gasteiger partial charge in [-0.3, -0.25) is 9.59 Å². The van der Waals surface area contributed by atoms with Gasteiger partial charge in [-0.25, -0.2) is 4.90 Å². The van der Waals surface area contributed by atoms with Crippen LogP contribution in [0.15, 0.2) is 83.9 Å². The van der Waals surface area contributed by atoms with Gasteiger partial charge in [-0.2, -0.15) is 26.3 Å². The first-order valence-corrected chi connectivity index (χ1v) is 15.3. The van der Waals surface area contributed by atoms with Crippen LogP contribution < -0.4 is 4.90 Å². The number of ether oxygens (including phenoxy) is 2. The van der Waals surface area contributed by atoms with Crippen molar-refractivity contribution in [2.75, 3.05) is 25.2 Å². The van der Waals surface area contributed by atoms with E-state index in [-0.39, 0.29) is 31.5 Å². The van der Waals surface area contributed by atoms with Crippen LogP contribution in [0, 0.1) is 17.8 Å². The van der Waals surface area contributed by atoms with Gasteiger partial charge in [0.05, 0.1) is 48.0 Å². The van der Waals surface area contributed by atoms with Gasteiger partial charge in [-0.05, 0) is 77.4 Å². The van der Waals surface area contributed by atoms with Gasteiger partial charge in [0.15, 0.2) is 0 Å². The molecule has 0 unspecified atom stereocenters. The Kier molecular flexibility index (Phi) is 8.99. The molecule has 4 atom stereocenters. The number of aromatic hydroxyl groups is 1. The summed E-state index contributed by atoms with van der Waals surface area (Å²) in [4.78, 5) is 28.0. The quantitative estimate of drug-likeness (QED) is 0.114. The van der Waals surface area contributed by atoms with Gasteiger partial charge in [0, 0.05) is 13.0 Å². The zero-order chi connectivity index (χ0) is 34.4. The Morgan fingerprint density at radius 2 is 1.60 bits per heavy atom. The van der Waals surface area contributed by atoms with Gasteiger partial charge in [0.25, 0.3) is 0 Å². The van der Waals surface area contributed by atoms with E-state index < -0.39 is 64.8 Å². The van der Waals surface area contributed by atoms with Gasteiger partial charge >= 0.3 is 12.4 Å². The standard InChI is InChI=1S/C36H31F6NO5/c1-47-18-23-14-28-32(34(46)43(33(28)45)26-16-24(35(37,38)39)15-25(17-26)36(40,41)42)29-19-48-30(31(23)29)11-10-22(21-7-3-2-4-8-21)12-20-6-5-9-27(44)13-20/h2-9,12-13,15-17,28-30,32,44H,10-11,14,18-19H2,1H3/b22-12-/t28-,29+,30-,32-/m1/s1. The normalized spacial score (nSPS) is 23.1. The van der Waals surface area contributed by atoms with E-state index in [4.69, 9.17) is 9.47 Å². The third kappa shape index (κ3) is 6.51. The molecule has 6 nitrogen and oxygen atoms in total. The maximum Gasteiger partial charge on any atom is 0.416 e. The molecule has 0 aromatic heterocycles. The number of nitrogens with zero attached hydrogens (tertiary/aromatic N) is 1. The number of carbonyl (C=O) groups is 2. The first-order valence-electron chi connectivity index (χ1n) is 15.3. The molecule has 0 radical (unpaired) electrons. The summed E-state index contributed by atoms with van der Waals surface area (Å²) in [6.45, 7) is 0.164. The van der Waals surface area contributed by atoms with Gasteiger partial charge in [0.1, 0.15) is 5.75 Å². The van der Waals surface area contributed by atoms with Crippen LogP contribution in [0.2, 0.25) is 0 Å². The monoisotopic (exact) mass is 671 g/mol. The molecule has 0 spiro atoms. The Balaban J connectivity index is 1.31. The number of halogens is 6. The maximum absolute atomic E-state index is 13.9. The molecule has 12 heteroatoms. The van der Waals surface area contributed by atoms with Crippen molar-refractivity contribution in [2.24, 2.45) is 17.8 Å². The zero-order valence-electron chi connectivity index (χ0n) is 25.6. The summed E-state index contributed by atoms with van der Waals surface area (Å²) in [5.74, 6) is -4.20. The number of anilines is 1.